The summed E-state index contributed by atoms with van der Waals surface area (Å²) >= 11 is 5.82. The molecule has 1 saturated heterocycles. The number of nitrogens with one attached hydrogen (secondary N) is 1. The van der Waals surface area contributed by atoms with Crippen molar-refractivity contribution in [2.24, 2.45) is 0 Å². The van der Waals surface area contributed by atoms with Crippen LogP contribution in [0.2, 0.25) is 5.15 Å². The molecule has 0 atom stereocenters. The number of pyridine rings is 1. The Kier molecular flexibility index (Phi) is 3.33. The highest BCUT2D eigenvalue weighted by Gasteiger charge is 2.37. The van der Waals surface area contributed by atoms with Crippen LogP contribution in [0.25, 0.3) is 0 Å². The molecule has 92 valence electrons. The van der Waals surface area contributed by atoms with Gasteiger partial charge >= 0.3 is 0 Å². The first-order chi connectivity index (χ1) is 7.96. The van der Waals surface area contributed by atoms with Crippen LogP contribution in [-0.4, -0.2) is 46.1 Å². The van der Waals surface area contributed by atoms with E-state index in [4.69, 9.17) is 11.6 Å². The summed E-state index contributed by atoms with van der Waals surface area (Å²) in [5.41, 5.74) is -0.155. The van der Waals surface area contributed by atoms with Crippen molar-refractivity contribution in [3.05, 3.63) is 23.5 Å². The molecule has 2 rings (SSSR count). The molecule has 17 heavy (non-hydrogen) atoms. The summed E-state index contributed by atoms with van der Waals surface area (Å²) in [5.74, 6) is -0.157. The third kappa shape index (κ3) is 3.15. The topological polar surface area (TPSA) is 65.5 Å². The van der Waals surface area contributed by atoms with E-state index in [0.717, 1.165) is 0 Å². The van der Waals surface area contributed by atoms with Gasteiger partial charge in [-0.1, -0.05) is 11.6 Å². The molecule has 0 bridgehead atoms. The van der Waals surface area contributed by atoms with E-state index in [1.807, 2.05) is 4.90 Å². The molecule has 0 radical (unpaired) electrons. The molecule has 0 aliphatic carbocycles. The van der Waals surface area contributed by atoms with Crippen molar-refractivity contribution >= 4 is 23.2 Å². The zero-order valence-electron chi connectivity index (χ0n) is 9.48. The van der Waals surface area contributed by atoms with Crippen LogP contribution in [0.15, 0.2) is 18.3 Å². The number of likely N-dealkylation sites (tertiary alicyclic amines) is 1. The number of aliphatic hydroxyl groups is 1. The van der Waals surface area contributed by atoms with Crippen LogP contribution >= 0.6 is 11.6 Å². The lowest BCUT2D eigenvalue weighted by atomic mass is 9.97. The molecular formula is C11H14ClN3O2. The SMILES string of the molecule is CC1(O)CN(CC(=O)Nc2cccnc2Cl)C1. The largest absolute Gasteiger partial charge is 0.388 e. The molecule has 0 saturated carbocycles. The zero-order chi connectivity index (χ0) is 12.5. The van der Waals surface area contributed by atoms with Gasteiger partial charge in [0.05, 0.1) is 17.8 Å². The smallest absolute Gasteiger partial charge is 0.238 e. The first kappa shape index (κ1) is 12.3. The second-order valence-corrected chi connectivity index (χ2v) is 4.89. The van der Waals surface area contributed by atoms with Crippen LogP contribution in [0, 0.1) is 0 Å². The number of hydrogen-bond donors (Lipinski definition) is 2. The van der Waals surface area contributed by atoms with E-state index in [1.165, 1.54) is 0 Å². The summed E-state index contributed by atoms with van der Waals surface area (Å²) in [6.07, 6.45) is 1.56. The van der Waals surface area contributed by atoms with Crippen LogP contribution in [0.3, 0.4) is 0 Å². The van der Waals surface area contributed by atoms with Crippen LogP contribution in [0.5, 0.6) is 0 Å². The van der Waals surface area contributed by atoms with E-state index < -0.39 is 5.60 Å². The van der Waals surface area contributed by atoms with Gasteiger partial charge in [0.2, 0.25) is 5.91 Å². The molecule has 1 fully saturated rings. The molecule has 6 heteroatoms. The fraction of sp³-hybridized carbons (Fsp3) is 0.455. The number of nitrogens with zero attached hydrogens (tertiary/aromatic N) is 2. The van der Waals surface area contributed by atoms with Gasteiger partial charge in [0.15, 0.2) is 5.15 Å². The Hall–Kier alpha value is -1.17. The molecule has 1 aromatic heterocycles. The molecule has 5 nitrogen and oxygen atoms in total. The first-order valence-electron chi connectivity index (χ1n) is 5.31. The second kappa shape index (κ2) is 4.60. The van der Waals surface area contributed by atoms with Crippen molar-refractivity contribution in [2.75, 3.05) is 25.0 Å². The van der Waals surface area contributed by atoms with Crippen molar-refractivity contribution in [3.63, 3.8) is 0 Å². The molecule has 1 aliphatic heterocycles. The van der Waals surface area contributed by atoms with Crippen LogP contribution < -0.4 is 5.32 Å². The Bertz CT molecular complexity index is 428. The molecule has 0 spiro atoms. The highest BCUT2D eigenvalue weighted by molar-refractivity contribution is 6.32. The number of carbonyl (C=O) groups excluding carboxylic acids is 1. The third-order valence-electron chi connectivity index (χ3n) is 2.53. The quantitative estimate of drug-likeness (QED) is 0.782. The minimum atomic E-state index is -0.660. The van der Waals surface area contributed by atoms with Gasteiger partial charge < -0.3 is 10.4 Å². The summed E-state index contributed by atoms with van der Waals surface area (Å²) in [7, 11) is 0. The Morgan fingerprint density at radius 1 is 1.71 bits per heavy atom. The van der Waals surface area contributed by atoms with E-state index >= 15 is 0 Å². The Morgan fingerprint density at radius 3 is 3.00 bits per heavy atom. The maximum absolute atomic E-state index is 11.7. The number of rotatable bonds is 3. The van der Waals surface area contributed by atoms with Gasteiger partial charge in [-0.3, -0.25) is 9.69 Å². The lowest BCUT2D eigenvalue weighted by Crippen LogP contribution is -2.61. The number of β-amino-alcohol motifs (C(OH)–C–C–N with tert-alkyl or cyclic N) is 1. The maximum Gasteiger partial charge on any atom is 0.238 e. The normalized spacial score (nSPS) is 18.5. The van der Waals surface area contributed by atoms with Crippen molar-refractivity contribution in [2.45, 2.75) is 12.5 Å². The lowest BCUT2D eigenvalue weighted by molar-refractivity contribution is -0.125. The highest BCUT2D eigenvalue weighted by Crippen LogP contribution is 2.20. The predicted octanol–water partition coefficient (Wildman–Crippen LogP) is 0.740. The minimum Gasteiger partial charge on any atom is -0.388 e. The molecule has 1 amide bonds. The van der Waals surface area contributed by atoms with Crippen LogP contribution in [-0.2, 0) is 4.79 Å². The fourth-order valence-corrected chi connectivity index (χ4v) is 2.07. The second-order valence-electron chi connectivity index (χ2n) is 4.53. The molecule has 0 aromatic carbocycles. The van der Waals surface area contributed by atoms with Crippen LogP contribution in [0.1, 0.15) is 6.92 Å². The summed E-state index contributed by atoms with van der Waals surface area (Å²) in [6, 6.07) is 3.40. The van der Waals surface area contributed by atoms with Crippen molar-refractivity contribution in [1.29, 1.82) is 0 Å². The van der Waals surface area contributed by atoms with E-state index in [0.29, 0.717) is 18.8 Å². The number of halogens is 1. The molecule has 2 heterocycles. The van der Waals surface area contributed by atoms with Crippen molar-refractivity contribution < 1.29 is 9.90 Å². The fourth-order valence-electron chi connectivity index (χ4n) is 1.90. The summed E-state index contributed by atoms with van der Waals surface area (Å²) in [4.78, 5) is 17.4. The standard InChI is InChI=1S/C11H14ClN3O2/c1-11(17)6-15(7-11)5-9(16)14-8-3-2-4-13-10(8)12/h2-4,17H,5-7H2,1H3,(H,14,16). The van der Waals surface area contributed by atoms with Gasteiger partial charge in [-0.25, -0.2) is 4.98 Å². The van der Waals surface area contributed by atoms with Crippen LogP contribution in [0.4, 0.5) is 5.69 Å². The average molecular weight is 256 g/mol. The first-order valence-corrected chi connectivity index (χ1v) is 5.69. The molecular weight excluding hydrogens is 242 g/mol. The van der Waals surface area contributed by atoms with Gasteiger partial charge in [0, 0.05) is 19.3 Å². The van der Waals surface area contributed by atoms with E-state index in [2.05, 4.69) is 10.3 Å². The maximum atomic E-state index is 11.7. The number of hydrogen-bond acceptors (Lipinski definition) is 4. The predicted molar refractivity (Wildman–Crippen MR) is 64.9 cm³/mol. The lowest BCUT2D eigenvalue weighted by Gasteiger charge is -2.43. The van der Waals surface area contributed by atoms with Gasteiger partial charge in [0.1, 0.15) is 0 Å². The molecule has 1 aromatic rings. The molecule has 1 aliphatic rings. The van der Waals surface area contributed by atoms with Gasteiger partial charge in [0.25, 0.3) is 0 Å². The van der Waals surface area contributed by atoms with Crippen molar-refractivity contribution in [1.82, 2.24) is 9.88 Å². The number of amides is 1. The minimum absolute atomic E-state index is 0.157. The summed E-state index contributed by atoms with van der Waals surface area (Å²) in [5, 5.41) is 12.5. The Balaban J connectivity index is 1.85. The number of anilines is 1. The Morgan fingerprint density at radius 2 is 2.41 bits per heavy atom. The number of aromatic nitrogens is 1. The Labute approximate surface area is 104 Å². The highest BCUT2D eigenvalue weighted by atomic mass is 35.5. The van der Waals surface area contributed by atoms with E-state index in [9.17, 15) is 9.90 Å². The average Bonchev–Trinajstić information content (AvgIpc) is 2.18. The van der Waals surface area contributed by atoms with Gasteiger partial charge in [-0.15, -0.1) is 0 Å². The zero-order valence-corrected chi connectivity index (χ0v) is 10.2. The van der Waals surface area contributed by atoms with E-state index in [1.54, 1.807) is 25.3 Å². The summed E-state index contributed by atoms with van der Waals surface area (Å²) in [6.45, 7) is 3.03. The number of carbonyl (C=O) groups is 1. The monoisotopic (exact) mass is 255 g/mol. The molecule has 2 N–H and O–H groups in total. The van der Waals surface area contributed by atoms with Gasteiger partial charge in [-0.2, -0.15) is 0 Å². The summed E-state index contributed by atoms with van der Waals surface area (Å²) < 4.78 is 0. The van der Waals surface area contributed by atoms with E-state index in [-0.39, 0.29) is 17.6 Å². The molecule has 0 unspecified atom stereocenters. The van der Waals surface area contributed by atoms with Crippen molar-refractivity contribution in [3.8, 4) is 0 Å². The van der Waals surface area contributed by atoms with Gasteiger partial charge in [-0.05, 0) is 19.1 Å². The third-order valence-corrected chi connectivity index (χ3v) is 2.83.